The first kappa shape index (κ1) is 24.8. The molecular weight excluding hydrogens is 483 g/mol. The van der Waals surface area contributed by atoms with Crippen molar-refractivity contribution in [3.8, 4) is 5.69 Å². The van der Waals surface area contributed by atoms with E-state index in [9.17, 15) is 13.2 Å². The molecule has 3 aromatic rings. The van der Waals surface area contributed by atoms with Gasteiger partial charge in [0.25, 0.3) is 5.91 Å². The average Bonchev–Trinajstić information content (AvgIpc) is 3.01. The molecule has 0 saturated heterocycles. The van der Waals surface area contributed by atoms with Crippen LogP contribution < -0.4 is 9.73 Å². The molecule has 0 spiro atoms. The van der Waals surface area contributed by atoms with E-state index in [1.165, 1.54) is 6.21 Å². The summed E-state index contributed by atoms with van der Waals surface area (Å²) in [4.78, 5) is 12.4. The van der Waals surface area contributed by atoms with Gasteiger partial charge in [0.1, 0.15) is 6.54 Å². The normalized spacial score (nSPS) is 11.7. The summed E-state index contributed by atoms with van der Waals surface area (Å²) in [5.74, 6) is -0.566. The average molecular weight is 507 g/mol. The minimum atomic E-state index is -3.66. The number of sulfonamides is 1. The third-order valence-electron chi connectivity index (χ3n) is 5.02. The van der Waals surface area contributed by atoms with Crippen molar-refractivity contribution in [3.05, 3.63) is 81.1 Å². The Bertz CT molecular complexity index is 1320. The second-order valence-electron chi connectivity index (χ2n) is 7.66. The summed E-state index contributed by atoms with van der Waals surface area (Å²) in [7, 11) is -3.66. The molecule has 2 aromatic carbocycles. The van der Waals surface area contributed by atoms with Crippen LogP contribution in [0.15, 0.2) is 53.6 Å². The number of carbonyl (C=O) groups excluding carboxylic acids is 1. The van der Waals surface area contributed by atoms with Crippen molar-refractivity contribution in [1.29, 1.82) is 0 Å². The van der Waals surface area contributed by atoms with Crippen LogP contribution in [-0.2, 0) is 14.8 Å². The maximum Gasteiger partial charge on any atom is 0.260 e. The molecule has 10 heteroatoms. The smallest absolute Gasteiger partial charge is 0.260 e. The molecule has 0 aliphatic heterocycles. The molecule has 1 aromatic heterocycles. The lowest BCUT2D eigenvalue weighted by Crippen LogP contribution is -2.39. The minimum absolute atomic E-state index is 0.392. The van der Waals surface area contributed by atoms with Crippen molar-refractivity contribution in [3.63, 3.8) is 0 Å². The van der Waals surface area contributed by atoms with E-state index in [4.69, 9.17) is 23.2 Å². The van der Waals surface area contributed by atoms with Gasteiger partial charge in [-0.1, -0.05) is 40.9 Å². The Morgan fingerprint density at radius 1 is 1.09 bits per heavy atom. The van der Waals surface area contributed by atoms with E-state index in [2.05, 4.69) is 10.5 Å². The highest BCUT2D eigenvalue weighted by atomic mass is 35.5. The molecule has 0 atom stereocenters. The van der Waals surface area contributed by atoms with E-state index in [1.54, 1.807) is 42.5 Å². The topological polar surface area (TPSA) is 83.8 Å². The van der Waals surface area contributed by atoms with Gasteiger partial charge in [-0.05, 0) is 57.2 Å². The van der Waals surface area contributed by atoms with Gasteiger partial charge >= 0.3 is 0 Å². The number of halogens is 2. The van der Waals surface area contributed by atoms with Crippen LogP contribution in [-0.4, -0.2) is 37.9 Å². The molecule has 1 N–H and O–H groups in total. The van der Waals surface area contributed by atoms with Crippen LogP contribution in [0.2, 0.25) is 10.0 Å². The zero-order valence-corrected chi connectivity index (χ0v) is 21.0. The summed E-state index contributed by atoms with van der Waals surface area (Å²) in [6, 6.07) is 14.0. The number of nitrogens with one attached hydrogen (secondary N) is 1. The fourth-order valence-corrected chi connectivity index (χ4v) is 4.62. The van der Waals surface area contributed by atoms with Gasteiger partial charge in [0.05, 0.1) is 28.9 Å². The Morgan fingerprint density at radius 3 is 2.39 bits per heavy atom. The summed E-state index contributed by atoms with van der Waals surface area (Å²) in [5.41, 5.74) is 7.06. The molecule has 174 valence electrons. The third-order valence-corrected chi connectivity index (χ3v) is 6.72. The summed E-state index contributed by atoms with van der Waals surface area (Å²) >= 11 is 12.5. The van der Waals surface area contributed by atoms with Gasteiger partial charge in [-0.2, -0.15) is 5.10 Å². The largest absolute Gasteiger partial charge is 0.316 e. The highest BCUT2D eigenvalue weighted by Gasteiger charge is 2.20. The van der Waals surface area contributed by atoms with Crippen LogP contribution in [0.5, 0.6) is 0 Å². The number of aromatic nitrogens is 1. The molecule has 1 heterocycles. The predicted molar refractivity (Wildman–Crippen MR) is 134 cm³/mol. The number of hydrazone groups is 1. The van der Waals surface area contributed by atoms with Gasteiger partial charge in [-0.15, -0.1) is 0 Å². The van der Waals surface area contributed by atoms with Gasteiger partial charge in [-0.3, -0.25) is 9.10 Å². The number of amides is 1. The van der Waals surface area contributed by atoms with E-state index in [1.807, 2.05) is 31.4 Å². The van der Waals surface area contributed by atoms with Crippen LogP contribution in [0.1, 0.15) is 22.5 Å². The fraction of sp³-hybridized carbons (Fsp3) is 0.217. The number of nitrogens with zero attached hydrogens (tertiary/aromatic N) is 3. The Balaban J connectivity index is 1.76. The Kier molecular flexibility index (Phi) is 7.51. The Labute approximate surface area is 203 Å². The molecule has 33 heavy (non-hydrogen) atoms. The lowest BCUT2D eigenvalue weighted by molar-refractivity contribution is -0.119. The maximum absolute atomic E-state index is 12.4. The van der Waals surface area contributed by atoms with Gasteiger partial charge in [0, 0.05) is 22.0 Å². The standard InChI is InChI=1S/C23H24Cl2N4O3S/c1-15-5-8-20(9-6-15)28(33(4,31)32)14-23(30)27-26-13-18-11-16(2)29(17(18)3)22-12-19(24)7-10-21(22)25/h5-13H,14H2,1-4H3,(H,27,30)/b26-13-. The first-order chi connectivity index (χ1) is 15.5. The second kappa shape index (κ2) is 9.99. The third kappa shape index (κ3) is 5.96. The van der Waals surface area contributed by atoms with E-state index in [0.29, 0.717) is 15.7 Å². The van der Waals surface area contributed by atoms with Crippen molar-refractivity contribution in [2.75, 3.05) is 17.1 Å². The summed E-state index contributed by atoms with van der Waals surface area (Å²) in [6.45, 7) is 5.32. The molecule has 0 unspecified atom stereocenters. The lowest BCUT2D eigenvalue weighted by atomic mass is 10.2. The number of hydrogen-bond donors (Lipinski definition) is 1. The fourth-order valence-electron chi connectivity index (χ4n) is 3.40. The van der Waals surface area contributed by atoms with Crippen molar-refractivity contribution in [2.45, 2.75) is 20.8 Å². The highest BCUT2D eigenvalue weighted by Crippen LogP contribution is 2.28. The molecule has 1 amide bonds. The van der Waals surface area contributed by atoms with E-state index >= 15 is 0 Å². The minimum Gasteiger partial charge on any atom is -0.316 e. The molecule has 0 aliphatic carbocycles. The SMILES string of the molecule is Cc1ccc(N(CC(=O)N/N=C\c2cc(C)n(-c3cc(Cl)ccc3Cl)c2C)S(C)(=O)=O)cc1. The number of carbonyl (C=O) groups is 1. The van der Waals surface area contributed by atoms with Crippen LogP contribution in [0, 0.1) is 20.8 Å². The summed E-state index contributed by atoms with van der Waals surface area (Å²) < 4.78 is 27.4. The van der Waals surface area contributed by atoms with Crippen LogP contribution in [0.4, 0.5) is 5.69 Å². The number of aryl methyl sites for hydroxylation is 2. The monoisotopic (exact) mass is 506 g/mol. The molecule has 0 fully saturated rings. The predicted octanol–water partition coefficient (Wildman–Crippen LogP) is 4.63. The maximum atomic E-state index is 12.4. The van der Waals surface area contributed by atoms with E-state index in [0.717, 1.165) is 38.8 Å². The first-order valence-corrected chi connectivity index (χ1v) is 12.6. The van der Waals surface area contributed by atoms with Gasteiger partial charge < -0.3 is 4.57 Å². The quantitative estimate of drug-likeness (QED) is 0.374. The van der Waals surface area contributed by atoms with Crippen molar-refractivity contribution >= 4 is 51.0 Å². The number of anilines is 1. The summed E-state index contributed by atoms with van der Waals surface area (Å²) in [6.07, 6.45) is 2.56. The van der Waals surface area contributed by atoms with Crippen LogP contribution in [0.25, 0.3) is 5.69 Å². The second-order valence-corrected chi connectivity index (χ2v) is 10.4. The Morgan fingerprint density at radius 2 is 1.76 bits per heavy atom. The van der Waals surface area contributed by atoms with Gasteiger partial charge in [0.15, 0.2) is 0 Å². The van der Waals surface area contributed by atoms with Crippen molar-refractivity contribution < 1.29 is 13.2 Å². The zero-order valence-electron chi connectivity index (χ0n) is 18.6. The van der Waals surface area contributed by atoms with Crippen LogP contribution in [0.3, 0.4) is 0 Å². The molecule has 0 aliphatic rings. The molecule has 7 nitrogen and oxygen atoms in total. The van der Waals surface area contributed by atoms with Crippen LogP contribution >= 0.6 is 23.2 Å². The number of rotatable bonds is 7. The molecule has 3 rings (SSSR count). The van der Waals surface area contributed by atoms with Crippen molar-refractivity contribution in [2.24, 2.45) is 5.10 Å². The highest BCUT2D eigenvalue weighted by molar-refractivity contribution is 7.92. The molecular formula is C23H24Cl2N4O3S. The molecule has 0 saturated carbocycles. The van der Waals surface area contributed by atoms with Crippen molar-refractivity contribution in [1.82, 2.24) is 9.99 Å². The number of hydrogen-bond acceptors (Lipinski definition) is 4. The Hall–Kier alpha value is -2.81. The molecule has 0 radical (unpaired) electrons. The lowest BCUT2D eigenvalue weighted by Gasteiger charge is -2.21. The zero-order chi connectivity index (χ0) is 24.3. The summed E-state index contributed by atoms with van der Waals surface area (Å²) in [5, 5.41) is 5.13. The molecule has 0 bridgehead atoms. The van der Waals surface area contributed by atoms with Gasteiger partial charge in [-0.25, -0.2) is 13.8 Å². The van der Waals surface area contributed by atoms with Gasteiger partial charge in [0.2, 0.25) is 10.0 Å². The first-order valence-electron chi connectivity index (χ1n) is 9.98. The van der Waals surface area contributed by atoms with E-state index < -0.39 is 22.5 Å². The number of benzene rings is 2. The van der Waals surface area contributed by atoms with E-state index in [-0.39, 0.29) is 0 Å².